The van der Waals surface area contributed by atoms with Crippen molar-refractivity contribution in [3.05, 3.63) is 42.6 Å². The zero-order valence-electron chi connectivity index (χ0n) is 8.98. The summed E-state index contributed by atoms with van der Waals surface area (Å²) in [4.78, 5) is 0. The van der Waals surface area contributed by atoms with Crippen LogP contribution in [-0.4, -0.2) is 18.7 Å². The molecule has 0 saturated heterocycles. The third-order valence-electron chi connectivity index (χ3n) is 2.24. The summed E-state index contributed by atoms with van der Waals surface area (Å²) < 4.78 is 36.6. The first kappa shape index (κ1) is 11.8. The smallest absolute Gasteiger partial charge is 0.271 e. The van der Waals surface area contributed by atoms with E-state index in [0.717, 1.165) is 5.56 Å². The Labute approximate surface area is 99.0 Å². The fourth-order valence-electron chi connectivity index (χ4n) is 1.41. The van der Waals surface area contributed by atoms with E-state index in [-0.39, 0.29) is 12.3 Å². The molecule has 1 aromatic heterocycles. The second-order valence-electron chi connectivity index (χ2n) is 3.56. The molecule has 5 nitrogen and oxygen atoms in total. The third-order valence-corrected chi connectivity index (χ3v) is 2.93. The average Bonchev–Trinajstić information content (AvgIpc) is 2.75. The van der Waals surface area contributed by atoms with Crippen molar-refractivity contribution in [2.75, 3.05) is 5.75 Å². The van der Waals surface area contributed by atoms with Crippen molar-refractivity contribution in [1.29, 1.82) is 0 Å². The van der Waals surface area contributed by atoms with E-state index in [9.17, 15) is 8.42 Å². The lowest BCUT2D eigenvalue weighted by atomic mass is 10.2. The van der Waals surface area contributed by atoms with E-state index < -0.39 is 10.1 Å². The second kappa shape index (κ2) is 4.68. The predicted octanol–water partition coefficient (Wildman–Crippen LogP) is 1.12. The summed E-state index contributed by atoms with van der Waals surface area (Å²) in [6.07, 6.45) is 1.63. The van der Waals surface area contributed by atoms with Crippen molar-refractivity contribution in [2.24, 2.45) is 0 Å². The second-order valence-corrected chi connectivity index (χ2v) is 5.14. The SMILES string of the molecule is O=S(=O)(O)CC[n+]1ccc(-c2ccccc2)o1. The molecule has 1 aromatic carbocycles. The number of hydrogen-bond acceptors (Lipinski definition) is 3. The quantitative estimate of drug-likeness (QED) is 0.655. The van der Waals surface area contributed by atoms with Crippen LogP contribution >= 0.6 is 0 Å². The molecule has 0 aliphatic rings. The normalized spacial score (nSPS) is 11.6. The van der Waals surface area contributed by atoms with Crippen LogP contribution in [0.2, 0.25) is 0 Å². The van der Waals surface area contributed by atoms with Crippen LogP contribution < -0.4 is 4.74 Å². The van der Waals surface area contributed by atoms with Crippen LogP contribution in [0.25, 0.3) is 11.3 Å². The maximum atomic E-state index is 10.6. The van der Waals surface area contributed by atoms with Crippen molar-refractivity contribution >= 4 is 10.1 Å². The number of hydrogen-bond donors (Lipinski definition) is 1. The van der Waals surface area contributed by atoms with Crippen molar-refractivity contribution < 1.29 is 22.2 Å². The van der Waals surface area contributed by atoms with Gasteiger partial charge in [0.25, 0.3) is 10.1 Å². The first-order chi connectivity index (χ1) is 8.04. The van der Waals surface area contributed by atoms with Crippen LogP contribution in [0.15, 0.2) is 47.1 Å². The maximum absolute atomic E-state index is 10.6. The topological polar surface area (TPSA) is 71.4 Å². The molecule has 0 amide bonds. The summed E-state index contributed by atoms with van der Waals surface area (Å²) >= 11 is 0. The summed E-state index contributed by atoms with van der Waals surface area (Å²) in [5, 5.41) is 0. The lowest BCUT2D eigenvalue weighted by molar-refractivity contribution is -0.859. The summed E-state index contributed by atoms with van der Waals surface area (Å²) in [6.45, 7) is 0.0890. The van der Waals surface area contributed by atoms with Gasteiger partial charge in [0.05, 0.1) is 6.07 Å². The molecule has 6 heteroatoms. The summed E-state index contributed by atoms with van der Waals surface area (Å²) in [6, 6.07) is 11.2. The summed E-state index contributed by atoms with van der Waals surface area (Å²) in [7, 11) is -3.96. The number of rotatable bonds is 4. The van der Waals surface area contributed by atoms with E-state index in [1.54, 1.807) is 12.3 Å². The Morgan fingerprint density at radius 3 is 2.53 bits per heavy atom. The molecule has 17 heavy (non-hydrogen) atoms. The molecular formula is C11H12NO4S+. The number of benzene rings is 1. The summed E-state index contributed by atoms with van der Waals surface area (Å²) in [5.74, 6) is 0.292. The van der Waals surface area contributed by atoms with Crippen LogP contribution in [0, 0.1) is 0 Å². The highest BCUT2D eigenvalue weighted by Crippen LogP contribution is 2.16. The molecule has 0 spiro atoms. The van der Waals surface area contributed by atoms with Gasteiger partial charge in [-0.05, 0) is 4.74 Å². The first-order valence-electron chi connectivity index (χ1n) is 5.05. The molecule has 0 unspecified atom stereocenters. The minimum absolute atomic E-state index is 0.0890. The van der Waals surface area contributed by atoms with E-state index >= 15 is 0 Å². The van der Waals surface area contributed by atoms with Gasteiger partial charge in [-0.3, -0.25) is 4.55 Å². The van der Waals surface area contributed by atoms with Gasteiger partial charge in [-0.1, -0.05) is 30.3 Å². The monoisotopic (exact) mass is 254 g/mol. The number of aromatic nitrogens is 1. The highest BCUT2D eigenvalue weighted by molar-refractivity contribution is 7.85. The zero-order valence-corrected chi connectivity index (χ0v) is 9.80. The van der Waals surface area contributed by atoms with Gasteiger partial charge in [0.1, 0.15) is 5.75 Å². The predicted molar refractivity (Wildman–Crippen MR) is 60.8 cm³/mol. The van der Waals surface area contributed by atoms with Crippen LogP contribution in [0.1, 0.15) is 0 Å². The Morgan fingerprint density at radius 1 is 1.18 bits per heavy atom. The molecule has 0 saturated carbocycles. The third kappa shape index (κ3) is 3.40. The van der Waals surface area contributed by atoms with E-state index in [4.69, 9.17) is 9.08 Å². The van der Waals surface area contributed by atoms with Gasteiger partial charge in [-0.25, -0.2) is 4.52 Å². The van der Waals surface area contributed by atoms with Gasteiger partial charge in [0, 0.05) is 5.56 Å². The minimum Gasteiger partial charge on any atom is -0.285 e. The highest BCUT2D eigenvalue weighted by Gasteiger charge is 2.14. The lowest BCUT2D eigenvalue weighted by Crippen LogP contribution is -2.34. The Bertz CT molecular complexity index is 589. The molecule has 0 aliphatic heterocycles. The van der Waals surface area contributed by atoms with Crippen LogP contribution in [-0.2, 0) is 16.7 Å². The van der Waals surface area contributed by atoms with E-state index in [2.05, 4.69) is 0 Å². The molecule has 2 rings (SSSR count). The zero-order chi connectivity index (χ0) is 12.3. The fraction of sp³-hybridized carbons (Fsp3) is 0.182. The first-order valence-corrected chi connectivity index (χ1v) is 6.66. The highest BCUT2D eigenvalue weighted by atomic mass is 32.2. The molecular weight excluding hydrogens is 242 g/mol. The van der Waals surface area contributed by atoms with Crippen LogP contribution in [0.3, 0.4) is 0 Å². The van der Waals surface area contributed by atoms with Crippen LogP contribution in [0.4, 0.5) is 0 Å². The van der Waals surface area contributed by atoms with E-state index in [1.807, 2.05) is 30.3 Å². The Morgan fingerprint density at radius 2 is 1.88 bits per heavy atom. The van der Waals surface area contributed by atoms with Gasteiger partial charge < -0.3 is 0 Å². The Hall–Kier alpha value is -1.66. The average molecular weight is 254 g/mol. The lowest BCUT2D eigenvalue weighted by Gasteiger charge is -1.91. The Kier molecular flexibility index (Phi) is 3.26. The Balaban J connectivity index is 2.12. The van der Waals surface area contributed by atoms with Crippen molar-refractivity contribution in [2.45, 2.75) is 6.54 Å². The van der Waals surface area contributed by atoms with Crippen LogP contribution in [0.5, 0.6) is 0 Å². The minimum atomic E-state index is -3.96. The van der Waals surface area contributed by atoms with Crippen molar-refractivity contribution in [3.8, 4) is 11.3 Å². The van der Waals surface area contributed by atoms with Gasteiger partial charge in [0.15, 0.2) is 0 Å². The summed E-state index contributed by atoms with van der Waals surface area (Å²) in [5.41, 5.74) is 0.915. The fourth-order valence-corrected chi connectivity index (χ4v) is 1.83. The van der Waals surface area contributed by atoms with E-state index in [1.165, 1.54) is 4.74 Å². The van der Waals surface area contributed by atoms with Gasteiger partial charge in [0.2, 0.25) is 18.5 Å². The van der Waals surface area contributed by atoms with Gasteiger partial charge in [-0.15, -0.1) is 0 Å². The van der Waals surface area contributed by atoms with Gasteiger partial charge in [-0.2, -0.15) is 8.42 Å². The molecule has 0 radical (unpaired) electrons. The van der Waals surface area contributed by atoms with E-state index in [0.29, 0.717) is 5.76 Å². The van der Waals surface area contributed by atoms with Gasteiger partial charge >= 0.3 is 0 Å². The molecule has 90 valence electrons. The number of aryl methyl sites for hydroxylation is 1. The van der Waals surface area contributed by atoms with Crippen molar-refractivity contribution in [1.82, 2.24) is 0 Å². The molecule has 1 N–H and O–H groups in total. The molecule has 2 aromatic rings. The standard InChI is InChI=1S/C11H11NO4S/c13-17(14,15)9-8-12-7-6-11(16-12)10-4-2-1-3-5-10/h1-7H,8-9H2/p+1. The molecule has 0 aliphatic carbocycles. The molecule has 0 atom stereocenters. The van der Waals surface area contributed by atoms with Crippen molar-refractivity contribution in [3.63, 3.8) is 0 Å². The maximum Gasteiger partial charge on any atom is 0.271 e. The molecule has 0 bridgehead atoms. The molecule has 0 fully saturated rings. The largest absolute Gasteiger partial charge is 0.285 e. The molecule has 1 heterocycles. The number of nitrogens with zero attached hydrogens (tertiary/aromatic N) is 1.